The second-order valence-corrected chi connectivity index (χ2v) is 7.68. The van der Waals surface area contributed by atoms with Gasteiger partial charge in [-0.2, -0.15) is 5.26 Å². The summed E-state index contributed by atoms with van der Waals surface area (Å²) in [7, 11) is 0. The van der Waals surface area contributed by atoms with Gasteiger partial charge in [0.2, 0.25) is 0 Å². The maximum Gasteiger partial charge on any atom is 0.292 e. The topological polar surface area (TPSA) is 96.7 Å². The van der Waals surface area contributed by atoms with Crippen molar-refractivity contribution in [2.75, 3.05) is 5.32 Å². The van der Waals surface area contributed by atoms with Gasteiger partial charge in [0.15, 0.2) is 16.1 Å². The highest BCUT2D eigenvalue weighted by atomic mass is 79.9. The van der Waals surface area contributed by atoms with Crippen molar-refractivity contribution in [3.8, 4) is 11.8 Å². The molecule has 0 saturated carbocycles. The standard InChI is InChI=1S/C23H14BrN5O2/c1-13-6-2-5-9-17(13)29-21(28-23(30)18-10-11-19(24)31-18)14(12-25)20-22(29)27-16-8-4-3-7-15(16)26-20/h2-11H,1H3,(H,28,30). The predicted octanol–water partition coefficient (Wildman–Crippen LogP) is 5.36. The van der Waals surface area contributed by atoms with Gasteiger partial charge in [0.05, 0.1) is 16.7 Å². The van der Waals surface area contributed by atoms with Crippen LogP contribution in [0.15, 0.2) is 69.8 Å². The number of amides is 1. The van der Waals surface area contributed by atoms with E-state index in [0.717, 1.165) is 11.3 Å². The molecule has 1 amide bonds. The van der Waals surface area contributed by atoms with E-state index in [1.807, 2.05) is 55.5 Å². The van der Waals surface area contributed by atoms with Crippen LogP contribution in [0, 0.1) is 18.3 Å². The van der Waals surface area contributed by atoms with Crippen molar-refractivity contribution in [2.24, 2.45) is 0 Å². The molecule has 1 N–H and O–H groups in total. The molecule has 8 heteroatoms. The molecular weight excluding hydrogens is 458 g/mol. The lowest BCUT2D eigenvalue weighted by molar-refractivity contribution is 0.0995. The van der Waals surface area contributed by atoms with Crippen molar-refractivity contribution >= 4 is 49.9 Å². The molecule has 7 nitrogen and oxygen atoms in total. The van der Waals surface area contributed by atoms with Crippen molar-refractivity contribution in [1.82, 2.24) is 14.5 Å². The van der Waals surface area contributed by atoms with Crippen molar-refractivity contribution in [3.63, 3.8) is 0 Å². The highest BCUT2D eigenvalue weighted by molar-refractivity contribution is 9.10. The number of nitriles is 1. The van der Waals surface area contributed by atoms with E-state index in [2.05, 4.69) is 32.3 Å². The van der Waals surface area contributed by atoms with Crippen LogP contribution >= 0.6 is 15.9 Å². The SMILES string of the molecule is Cc1ccccc1-n1c(NC(=O)c2ccc(Br)o2)c(C#N)c2nc3ccccc3nc21. The fourth-order valence-corrected chi connectivity index (χ4v) is 3.83. The van der Waals surface area contributed by atoms with Crippen molar-refractivity contribution in [2.45, 2.75) is 6.92 Å². The molecule has 2 aromatic carbocycles. The Hall–Kier alpha value is -3.96. The lowest BCUT2D eigenvalue weighted by Gasteiger charge is -2.13. The summed E-state index contributed by atoms with van der Waals surface area (Å²) in [4.78, 5) is 22.3. The second kappa shape index (κ2) is 7.38. The largest absolute Gasteiger partial charge is 0.444 e. The smallest absolute Gasteiger partial charge is 0.292 e. The fourth-order valence-electron chi connectivity index (χ4n) is 3.52. The molecule has 0 aliphatic rings. The minimum atomic E-state index is -0.482. The number of benzene rings is 2. The lowest BCUT2D eigenvalue weighted by Crippen LogP contribution is -2.15. The van der Waals surface area contributed by atoms with E-state index in [1.54, 1.807) is 16.7 Å². The summed E-state index contributed by atoms with van der Waals surface area (Å²) in [5, 5.41) is 12.8. The van der Waals surface area contributed by atoms with Crippen LogP contribution in [0.2, 0.25) is 0 Å². The number of aryl methyl sites for hydroxylation is 1. The number of furan rings is 1. The van der Waals surface area contributed by atoms with Gasteiger partial charge < -0.3 is 9.73 Å². The van der Waals surface area contributed by atoms with Crippen LogP contribution in [0.3, 0.4) is 0 Å². The van der Waals surface area contributed by atoms with Gasteiger partial charge >= 0.3 is 0 Å². The maximum atomic E-state index is 12.9. The number of hydrogen-bond donors (Lipinski definition) is 1. The molecule has 0 fully saturated rings. The minimum Gasteiger partial charge on any atom is -0.444 e. The van der Waals surface area contributed by atoms with Gasteiger partial charge in [-0.05, 0) is 58.7 Å². The average molecular weight is 472 g/mol. The van der Waals surface area contributed by atoms with E-state index in [4.69, 9.17) is 9.40 Å². The Balaban J connectivity index is 1.83. The molecule has 150 valence electrons. The average Bonchev–Trinajstić information content (AvgIpc) is 3.33. The number of para-hydroxylation sites is 3. The molecule has 0 radical (unpaired) electrons. The zero-order valence-corrected chi connectivity index (χ0v) is 17.8. The highest BCUT2D eigenvalue weighted by Gasteiger charge is 2.25. The van der Waals surface area contributed by atoms with Crippen LogP contribution < -0.4 is 5.32 Å². The van der Waals surface area contributed by atoms with Gasteiger partial charge in [-0.3, -0.25) is 9.36 Å². The Kier molecular flexibility index (Phi) is 4.53. The number of carbonyl (C=O) groups excluding carboxylic acids is 1. The molecule has 0 saturated heterocycles. The van der Waals surface area contributed by atoms with Gasteiger partial charge in [-0.15, -0.1) is 0 Å². The van der Waals surface area contributed by atoms with Gasteiger partial charge in [-0.25, -0.2) is 9.97 Å². The zero-order chi connectivity index (χ0) is 21.5. The summed E-state index contributed by atoms with van der Waals surface area (Å²) >= 11 is 3.20. The number of nitrogens with one attached hydrogen (secondary N) is 1. The van der Waals surface area contributed by atoms with Crippen molar-refractivity contribution in [1.29, 1.82) is 5.26 Å². The third kappa shape index (κ3) is 3.16. The number of fused-ring (bicyclic) bond motifs is 2. The van der Waals surface area contributed by atoms with Crippen LogP contribution in [-0.4, -0.2) is 20.4 Å². The van der Waals surface area contributed by atoms with Crippen LogP contribution in [0.1, 0.15) is 21.7 Å². The minimum absolute atomic E-state index is 0.114. The van der Waals surface area contributed by atoms with Crippen LogP contribution in [-0.2, 0) is 0 Å². The lowest BCUT2D eigenvalue weighted by atomic mass is 10.2. The Morgan fingerprint density at radius 2 is 1.77 bits per heavy atom. The molecular formula is C23H14BrN5O2. The second-order valence-electron chi connectivity index (χ2n) is 6.90. The van der Waals surface area contributed by atoms with Gasteiger partial charge in [0, 0.05) is 0 Å². The van der Waals surface area contributed by atoms with Crippen LogP contribution in [0.4, 0.5) is 5.82 Å². The molecule has 5 rings (SSSR count). The first-order chi connectivity index (χ1) is 15.1. The first-order valence-electron chi connectivity index (χ1n) is 9.41. The molecule has 3 heterocycles. The highest BCUT2D eigenvalue weighted by Crippen LogP contribution is 2.33. The summed E-state index contributed by atoms with van der Waals surface area (Å²) in [6.07, 6.45) is 0. The summed E-state index contributed by atoms with van der Waals surface area (Å²) in [5.41, 5.74) is 4.24. The maximum absolute atomic E-state index is 12.9. The van der Waals surface area contributed by atoms with E-state index < -0.39 is 5.91 Å². The number of anilines is 1. The summed E-state index contributed by atoms with van der Waals surface area (Å²) < 4.78 is 7.58. The van der Waals surface area contributed by atoms with Crippen LogP contribution in [0.25, 0.3) is 27.9 Å². The molecule has 31 heavy (non-hydrogen) atoms. The third-order valence-electron chi connectivity index (χ3n) is 4.96. The normalized spacial score (nSPS) is 11.0. The Morgan fingerprint density at radius 1 is 1.06 bits per heavy atom. The fraction of sp³-hybridized carbons (Fsp3) is 0.0435. The summed E-state index contributed by atoms with van der Waals surface area (Å²) in [6, 6.07) is 20.5. The molecule has 5 aromatic rings. The van der Waals surface area contributed by atoms with E-state index in [0.29, 0.717) is 32.7 Å². The van der Waals surface area contributed by atoms with E-state index in [-0.39, 0.29) is 11.3 Å². The van der Waals surface area contributed by atoms with Crippen molar-refractivity contribution < 1.29 is 9.21 Å². The Bertz CT molecular complexity index is 1530. The van der Waals surface area contributed by atoms with E-state index in [1.165, 1.54) is 0 Å². The monoisotopic (exact) mass is 471 g/mol. The van der Waals surface area contributed by atoms with Crippen LogP contribution in [0.5, 0.6) is 0 Å². The quantitative estimate of drug-likeness (QED) is 0.381. The number of halogens is 1. The Morgan fingerprint density at radius 3 is 2.45 bits per heavy atom. The molecule has 0 spiro atoms. The van der Waals surface area contributed by atoms with E-state index in [9.17, 15) is 10.1 Å². The van der Waals surface area contributed by atoms with E-state index >= 15 is 0 Å². The first kappa shape index (κ1) is 19.0. The van der Waals surface area contributed by atoms with Gasteiger partial charge in [0.25, 0.3) is 5.91 Å². The molecule has 0 aliphatic carbocycles. The number of nitrogens with zero attached hydrogens (tertiary/aromatic N) is 4. The molecule has 0 bridgehead atoms. The summed E-state index contributed by atoms with van der Waals surface area (Å²) in [6.45, 7) is 1.96. The molecule has 0 unspecified atom stereocenters. The first-order valence-corrected chi connectivity index (χ1v) is 10.2. The van der Waals surface area contributed by atoms with Gasteiger partial charge in [0.1, 0.15) is 23.0 Å². The number of rotatable bonds is 3. The predicted molar refractivity (Wildman–Crippen MR) is 120 cm³/mol. The zero-order valence-electron chi connectivity index (χ0n) is 16.3. The molecule has 3 aromatic heterocycles. The number of aromatic nitrogens is 3. The third-order valence-corrected chi connectivity index (χ3v) is 5.38. The Labute approximate surface area is 185 Å². The number of carbonyl (C=O) groups is 1. The molecule has 0 aliphatic heterocycles. The van der Waals surface area contributed by atoms with Gasteiger partial charge in [-0.1, -0.05) is 30.3 Å². The molecule has 0 atom stereocenters. The van der Waals surface area contributed by atoms with Crippen molar-refractivity contribution in [3.05, 3.63) is 82.2 Å². The summed E-state index contributed by atoms with van der Waals surface area (Å²) in [5.74, 6) is -0.0764. The number of hydrogen-bond acceptors (Lipinski definition) is 5.